The fourth-order valence-corrected chi connectivity index (χ4v) is 1.49. The number of nitrogens with zero attached hydrogens (tertiary/aromatic N) is 2. The first kappa shape index (κ1) is 12.0. The lowest BCUT2D eigenvalue weighted by Crippen LogP contribution is -2.23. The maximum Gasteiger partial charge on any atom is 0.146 e. The average molecular weight is 227 g/mol. The van der Waals surface area contributed by atoms with Gasteiger partial charge in [-0.05, 0) is 12.6 Å². The maximum absolute atomic E-state index is 13.5. The summed E-state index contributed by atoms with van der Waals surface area (Å²) in [5, 5.41) is 8.68. The van der Waals surface area contributed by atoms with Crippen molar-refractivity contribution >= 4 is 11.6 Å². The molecule has 1 rings (SSSR count). The van der Waals surface area contributed by atoms with E-state index in [0.717, 1.165) is 0 Å². The molecule has 0 saturated heterocycles. The zero-order chi connectivity index (χ0) is 11.3. The first-order chi connectivity index (χ1) is 7.19. The van der Waals surface area contributed by atoms with E-state index in [1.54, 1.807) is 12.1 Å². The highest BCUT2D eigenvalue weighted by Crippen LogP contribution is 2.18. The largest absolute Gasteiger partial charge is 0.286 e. The van der Waals surface area contributed by atoms with Crippen LogP contribution in [0, 0.1) is 17.1 Å². The average Bonchev–Trinajstić information content (AvgIpc) is 2.24. The fraction of sp³-hybridized carbons (Fsp3) is 0.364. The Morgan fingerprint density at radius 3 is 2.87 bits per heavy atom. The third-order valence-corrected chi connectivity index (χ3v) is 2.46. The minimum atomic E-state index is -0.393. The van der Waals surface area contributed by atoms with Crippen LogP contribution in [0.15, 0.2) is 18.2 Å². The topological polar surface area (TPSA) is 27.0 Å². The zero-order valence-corrected chi connectivity index (χ0v) is 9.26. The van der Waals surface area contributed by atoms with Crippen molar-refractivity contribution in [2.45, 2.75) is 13.5 Å². The normalized spacial score (nSPS) is 10.3. The van der Waals surface area contributed by atoms with Gasteiger partial charge in [0.1, 0.15) is 5.82 Å². The van der Waals surface area contributed by atoms with Gasteiger partial charge in [-0.2, -0.15) is 5.26 Å². The van der Waals surface area contributed by atoms with Gasteiger partial charge in [-0.25, -0.2) is 4.39 Å². The third-order valence-electron chi connectivity index (χ3n) is 2.17. The quantitative estimate of drug-likeness (QED) is 0.739. The first-order valence-corrected chi connectivity index (χ1v) is 5.09. The van der Waals surface area contributed by atoms with E-state index in [-0.39, 0.29) is 5.02 Å². The van der Waals surface area contributed by atoms with Crippen LogP contribution in [0.25, 0.3) is 0 Å². The highest BCUT2D eigenvalue weighted by atomic mass is 35.5. The SMILES string of the molecule is CCN(CC#N)Cc1cccc(Cl)c1F. The molecule has 15 heavy (non-hydrogen) atoms. The standard InChI is InChI=1S/C11H12ClFN2/c1-2-15(7-6-14)8-9-4-3-5-10(12)11(9)13/h3-5H,2,7-8H2,1H3. The highest BCUT2D eigenvalue weighted by molar-refractivity contribution is 6.30. The van der Waals surface area contributed by atoms with E-state index in [9.17, 15) is 4.39 Å². The van der Waals surface area contributed by atoms with Gasteiger partial charge < -0.3 is 0 Å². The van der Waals surface area contributed by atoms with E-state index < -0.39 is 5.82 Å². The molecule has 0 spiro atoms. The molecule has 1 aromatic carbocycles. The van der Waals surface area contributed by atoms with Crippen molar-refractivity contribution in [3.8, 4) is 6.07 Å². The van der Waals surface area contributed by atoms with Gasteiger partial charge in [-0.15, -0.1) is 0 Å². The number of hydrogen-bond donors (Lipinski definition) is 0. The van der Waals surface area contributed by atoms with Crippen LogP contribution in [-0.2, 0) is 6.54 Å². The molecule has 0 radical (unpaired) electrons. The van der Waals surface area contributed by atoms with Crippen molar-refractivity contribution in [3.63, 3.8) is 0 Å². The third kappa shape index (κ3) is 3.19. The van der Waals surface area contributed by atoms with Crippen LogP contribution < -0.4 is 0 Å². The van der Waals surface area contributed by atoms with Gasteiger partial charge in [-0.1, -0.05) is 30.7 Å². The lowest BCUT2D eigenvalue weighted by atomic mass is 10.2. The molecule has 1 aromatic rings. The Kier molecular flexibility index (Phi) is 4.54. The fourth-order valence-electron chi connectivity index (χ4n) is 1.29. The Bertz CT molecular complexity index is 373. The van der Waals surface area contributed by atoms with Crippen molar-refractivity contribution in [2.75, 3.05) is 13.1 Å². The summed E-state index contributed by atoms with van der Waals surface area (Å²) in [6.07, 6.45) is 0. The van der Waals surface area contributed by atoms with Crippen LogP contribution in [-0.4, -0.2) is 18.0 Å². The van der Waals surface area contributed by atoms with Gasteiger partial charge in [0.25, 0.3) is 0 Å². The van der Waals surface area contributed by atoms with Gasteiger partial charge in [0, 0.05) is 12.1 Å². The molecular formula is C11H12ClFN2. The number of halogens is 2. The summed E-state index contributed by atoms with van der Waals surface area (Å²) in [7, 11) is 0. The van der Waals surface area contributed by atoms with Crippen molar-refractivity contribution < 1.29 is 4.39 Å². The van der Waals surface area contributed by atoms with E-state index in [2.05, 4.69) is 0 Å². The summed E-state index contributed by atoms with van der Waals surface area (Å²) in [5.41, 5.74) is 0.527. The molecule has 0 aromatic heterocycles. The number of nitriles is 1. The van der Waals surface area contributed by atoms with Crippen LogP contribution in [0.1, 0.15) is 12.5 Å². The van der Waals surface area contributed by atoms with Crippen molar-refractivity contribution in [3.05, 3.63) is 34.6 Å². The van der Waals surface area contributed by atoms with E-state index in [0.29, 0.717) is 25.2 Å². The molecule has 0 heterocycles. The predicted molar refractivity (Wildman–Crippen MR) is 58.0 cm³/mol. The van der Waals surface area contributed by atoms with Crippen molar-refractivity contribution in [1.82, 2.24) is 4.90 Å². The van der Waals surface area contributed by atoms with Crippen LogP contribution in [0.4, 0.5) is 4.39 Å². The second kappa shape index (κ2) is 5.69. The molecule has 0 N–H and O–H groups in total. The summed E-state index contributed by atoms with van der Waals surface area (Å²) in [6, 6.07) is 6.95. The Labute approximate surface area is 93.9 Å². The van der Waals surface area contributed by atoms with Gasteiger partial charge in [0.05, 0.1) is 17.6 Å². The molecule has 0 atom stereocenters. The summed E-state index contributed by atoms with van der Waals surface area (Å²) in [4.78, 5) is 1.84. The van der Waals surface area contributed by atoms with Gasteiger partial charge in [0.2, 0.25) is 0 Å². The molecular weight excluding hydrogens is 215 g/mol. The second-order valence-corrected chi connectivity index (χ2v) is 3.58. The zero-order valence-electron chi connectivity index (χ0n) is 8.50. The van der Waals surface area contributed by atoms with E-state index in [1.807, 2.05) is 17.9 Å². The summed E-state index contributed by atoms with van der Waals surface area (Å²) >= 11 is 5.66. The number of benzene rings is 1. The Morgan fingerprint density at radius 2 is 2.27 bits per heavy atom. The molecule has 0 saturated carbocycles. The molecule has 0 aliphatic heterocycles. The summed E-state index contributed by atoms with van der Waals surface area (Å²) < 4.78 is 13.5. The Morgan fingerprint density at radius 1 is 1.53 bits per heavy atom. The minimum Gasteiger partial charge on any atom is -0.286 e. The number of hydrogen-bond acceptors (Lipinski definition) is 2. The Balaban J connectivity index is 2.80. The monoisotopic (exact) mass is 226 g/mol. The van der Waals surface area contributed by atoms with Crippen LogP contribution in [0.5, 0.6) is 0 Å². The highest BCUT2D eigenvalue weighted by Gasteiger charge is 2.09. The number of rotatable bonds is 4. The lowest BCUT2D eigenvalue weighted by Gasteiger charge is -2.17. The molecule has 4 heteroatoms. The van der Waals surface area contributed by atoms with Crippen molar-refractivity contribution in [2.24, 2.45) is 0 Å². The van der Waals surface area contributed by atoms with E-state index in [1.165, 1.54) is 6.07 Å². The predicted octanol–water partition coefficient (Wildman–Crippen LogP) is 2.82. The lowest BCUT2D eigenvalue weighted by molar-refractivity contribution is 0.309. The molecule has 0 unspecified atom stereocenters. The smallest absolute Gasteiger partial charge is 0.146 e. The molecule has 0 fully saturated rings. The second-order valence-electron chi connectivity index (χ2n) is 3.17. The molecule has 80 valence electrons. The van der Waals surface area contributed by atoms with Gasteiger partial charge >= 0.3 is 0 Å². The minimum absolute atomic E-state index is 0.125. The maximum atomic E-state index is 13.5. The first-order valence-electron chi connectivity index (χ1n) is 4.71. The van der Waals surface area contributed by atoms with Gasteiger partial charge in [-0.3, -0.25) is 4.90 Å². The van der Waals surface area contributed by atoms with Crippen LogP contribution in [0.3, 0.4) is 0 Å². The van der Waals surface area contributed by atoms with Crippen LogP contribution >= 0.6 is 11.6 Å². The van der Waals surface area contributed by atoms with Crippen molar-refractivity contribution in [1.29, 1.82) is 5.26 Å². The van der Waals surface area contributed by atoms with Gasteiger partial charge in [0.15, 0.2) is 0 Å². The molecule has 0 aliphatic carbocycles. The molecule has 0 aliphatic rings. The molecule has 2 nitrogen and oxygen atoms in total. The van der Waals surface area contributed by atoms with E-state index >= 15 is 0 Å². The molecule has 0 amide bonds. The summed E-state index contributed by atoms with van der Waals surface area (Å²) in [6.45, 7) is 3.35. The molecule has 0 bridgehead atoms. The van der Waals surface area contributed by atoms with Crippen LogP contribution in [0.2, 0.25) is 5.02 Å². The van der Waals surface area contributed by atoms with E-state index in [4.69, 9.17) is 16.9 Å². The Hall–Kier alpha value is -1.11. The summed E-state index contributed by atoms with van der Waals surface area (Å²) in [5.74, 6) is -0.393.